The maximum Gasteiger partial charge on any atom is 0.267 e. The number of carbonyl (C=O) groups is 1. The lowest BCUT2D eigenvalue weighted by atomic mass is 10.1. The molecule has 3 N–H and O–H groups in total. The van der Waals surface area contributed by atoms with Gasteiger partial charge in [0.15, 0.2) is 0 Å². The second-order valence-electron chi connectivity index (χ2n) is 6.83. The van der Waals surface area contributed by atoms with Crippen molar-refractivity contribution in [3.63, 3.8) is 0 Å². The molecule has 1 aliphatic carbocycles. The highest BCUT2D eigenvalue weighted by Crippen LogP contribution is 2.27. The standard InChI is InChI=1S/C18H26N4O2/c23-18(21-24)8-6-14-5-7-17(19-11-14)20-16-9-10-22(13-16)12-15-3-1-2-4-15/h5-8,11,15-16,24H,1-4,9-10,12-13H2,(H,19,20)(H,21,23)/b8-6+. The maximum atomic E-state index is 11.0. The fourth-order valence-corrected chi connectivity index (χ4v) is 3.68. The Balaban J connectivity index is 1.46. The summed E-state index contributed by atoms with van der Waals surface area (Å²) < 4.78 is 0. The molecule has 24 heavy (non-hydrogen) atoms. The van der Waals surface area contributed by atoms with E-state index in [0.29, 0.717) is 6.04 Å². The average molecular weight is 330 g/mol. The van der Waals surface area contributed by atoms with Gasteiger partial charge in [-0.2, -0.15) is 0 Å². The van der Waals surface area contributed by atoms with E-state index in [2.05, 4.69) is 15.2 Å². The van der Waals surface area contributed by atoms with E-state index in [1.807, 2.05) is 12.1 Å². The van der Waals surface area contributed by atoms with Crippen molar-refractivity contribution in [1.29, 1.82) is 0 Å². The Bertz CT molecular complexity index is 567. The van der Waals surface area contributed by atoms with Gasteiger partial charge in [0.05, 0.1) is 0 Å². The van der Waals surface area contributed by atoms with Crippen LogP contribution < -0.4 is 10.8 Å². The summed E-state index contributed by atoms with van der Waals surface area (Å²) in [4.78, 5) is 17.9. The van der Waals surface area contributed by atoms with Gasteiger partial charge in [0.25, 0.3) is 5.91 Å². The number of nitrogens with zero attached hydrogens (tertiary/aromatic N) is 2. The van der Waals surface area contributed by atoms with Crippen LogP contribution in [0.1, 0.15) is 37.7 Å². The van der Waals surface area contributed by atoms with E-state index in [9.17, 15) is 4.79 Å². The van der Waals surface area contributed by atoms with E-state index in [0.717, 1.165) is 30.3 Å². The molecule has 0 spiro atoms. The van der Waals surface area contributed by atoms with Gasteiger partial charge in [-0.25, -0.2) is 10.5 Å². The van der Waals surface area contributed by atoms with Crippen LogP contribution in [-0.2, 0) is 4.79 Å². The number of hydroxylamine groups is 1. The molecule has 0 radical (unpaired) electrons. The van der Waals surface area contributed by atoms with Gasteiger partial charge in [0.1, 0.15) is 5.82 Å². The zero-order valence-electron chi connectivity index (χ0n) is 13.9. The molecule has 1 unspecified atom stereocenters. The normalized spacial score (nSPS) is 22.3. The van der Waals surface area contributed by atoms with Crippen LogP contribution in [0, 0.1) is 5.92 Å². The first-order valence-electron chi connectivity index (χ1n) is 8.80. The predicted octanol–water partition coefficient (Wildman–Crippen LogP) is 2.28. The largest absolute Gasteiger partial charge is 0.366 e. The first-order valence-corrected chi connectivity index (χ1v) is 8.80. The summed E-state index contributed by atoms with van der Waals surface area (Å²) in [5.74, 6) is 1.22. The molecule has 2 aliphatic rings. The van der Waals surface area contributed by atoms with Crippen LogP contribution in [0.4, 0.5) is 5.82 Å². The second-order valence-corrected chi connectivity index (χ2v) is 6.83. The number of amides is 1. The molecule has 2 heterocycles. The highest BCUT2D eigenvalue weighted by Gasteiger charge is 2.26. The first kappa shape index (κ1) is 16.9. The Kier molecular flexibility index (Phi) is 5.82. The molecule has 1 aliphatic heterocycles. The molecule has 1 saturated carbocycles. The van der Waals surface area contributed by atoms with Gasteiger partial charge < -0.3 is 10.2 Å². The van der Waals surface area contributed by atoms with E-state index < -0.39 is 5.91 Å². The number of likely N-dealkylation sites (tertiary alicyclic amines) is 1. The number of nitrogens with one attached hydrogen (secondary N) is 2. The molecule has 1 aromatic rings. The van der Waals surface area contributed by atoms with Crippen molar-refractivity contribution >= 4 is 17.8 Å². The Hall–Kier alpha value is -1.92. The number of pyridine rings is 1. The zero-order chi connectivity index (χ0) is 16.8. The van der Waals surface area contributed by atoms with Crippen LogP contribution in [0.3, 0.4) is 0 Å². The van der Waals surface area contributed by atoms with Gasteiger partial charge in [0, 0.05) is 37.9 Å². The van der Waals surface area contributed by atoms with Crippen LogP contribution in [-0.4, -0.2) is 46.7 Å². The summed E-state index contributed by atoms with van der Waals surface area (Å²) in [6, 6.07) is 4.29. The fraction of sp³-hybridized carbons (Fsp3) is 0.556. The molecule has 130 valence electrons. The van der Waals surface area contributed by atoms with Gasteiger partial charge >= 0.3 is 0 Å². The minimum Gasteiger partial charge on any atom is -0.366 e. The van der Waals surface area contributed by atoms with Crippen molar-refractivity contribution < 1.29 is 10.0 Å². The smallest absolute Gasteiger partial charge is 0.267 e. The Morgan fingerprint density at radius 3 is 2.88 bits per heavy atom. The Morgan fingerprint density at radius 2 is 2.17 bits per heavy atom. The summed E-state index contributed by atoms with van der Waals surface area (Å²) in [5, 5.41) is 11.9. The molecule has 2 fully saturated rings. The molecule has 3 rings (SSSR count). The highest BCUT2D eigenvalue weighted by molar-refractivity contribution is 5.90. The van der Waals surface area contributed by atoms with E-state index in [4.69, 9.17) is 5.21 Å². The number of aromatic nitrogens is 1. The van der Waals surface area contributed by atoms with Crippen molar-refractivity contribution in [3.8, 4) is 0 Å². The molecular formula is C18H26N4O2. The number of hydrogen-bond acceptors (Lipinski definition) is 5. The third-order valence-electron chi connectivity index (χ3n) is 4.94. The lowest BCUT2D eigenvalue weighted by Crippen LogP contribution is -2.29. The van der Waals surface area contributed by atoms with Crippen molar-refractivity contribution in [2.24, 2.45) is 5.92 Å². The summed E-state index contributed by atoms with van der Waals surface area (Å²) in [6.07, 6.45) is 11.4. The van der Waals surface area contributed by atoms with Crippen LogP contribution in [0.25, 0.3) is 6.08 Å². The van der Waals surface area contributed by atoms with Crippen molar-refractivity contribution in [2.45, 2.75) is 38.1 Å². The third kappa shape index (κ3) is 4.79. The lowest BCUT2D eigenvalue weighted by molar-refractivity contribution is -0.124. The summed E-state index contributed by atoms with van der Waals surface area (Å²) in [5.41, 5.74) is 2.38. The van der Waals surface area contributed by atoms with E-state index in [1.54, 1.807) is 17.8 Å². The van der Waals surface area contributed by atoms with Crippen LogP contribution in [0.2, 0.25) is 0 Å². The summed E-state index contributed by atoms with van der Waals surface area (Å²) in [7, 11) is 0. The average Bonchev–Trinajstić information content (AvgIpc) is 3.26. The predicted molar refractivity (Wildman–Crippen MR) is 93.6 cm³/mol. The minimum atomic E-state index is -0.550. The van der Waals surface area contributed by atoms with Gasteiger partial charge in [-0.1, -0.05) is 12.8 Å². The number of anilines is 1. The molecule has 1 atom stereocenters. The topological polar surface area (TPSA) is 77.5 Å². The van der Waals surface area contributed by atoms with E-state index in [1.165, 1.54) is 44.8 Å². The molecule has 1 aromatic heterocycles. The minimum absolute atomic E-state index is 0.459. The van der Waals surface area contributed by atoms with Crippen molar-refractivity contribution in [3.05, 3.63) is 30.0 Å². The fourth-order valence-electron chi connectivity index (χ4n) is 3.68. The SMILES string of the molecule is O=C(/C=C/c1ccc(NC2CCN(CC3CCCC3)C2)nc1)NO. The second kappa shape index (κ2) is 8.26. The molecule has 6 heteroatoms. The molecular weight excluding hydrogens is 304 g/mol. The summed E-state index contributed by atoms with van der Waals surface area (Å²) in [6.45, 7) is 3.52. The number of rotatable bonds is 6. The quantitative estimate of drug-likeness (QED) is 0.424. The van der Waals surface area contributed by atoms with Crippen LogP contribution >= 0.6 is 0 Å². The number of hydrogen-bond donors (Lipinski definition) is 3. The molecule has 0 bridgehead atoms. The van der Waals surface area contributed by atoms with Gasteiger partial charge in [-0.3, -0.25) is 10.0 Å². The summed E-state index contributed by atoms with van der Waals surface area (Å²) >= 11 is 0. The van der Waals surface area contributed by atoms with Crippen LogP contribution in [0.5, 0.6) is 0 Å². The van der Waals surface area contributed by atoms with Crippen LogP contribution in [0.15, 0.2) is 24.4 Å². The Morgan fingerprint density at radius 1 is 1.33 bits per heavy atom. The van der Waals surface area contributed by atoms with Gasteiger partial charge in [-0.05, 0) is 49.0 Å². The van der Waals surface area contributed by atoms with Gasteiger partial charge in [-0.15, -0.1) is 0 Å². The molecule has 0 aromatic carbocycles. The highest BCUT2D eigenvalue weighted by atomic mass is 16.5. The Labute approximate surface area is 142 Å². The molecule has 1 saturated heterocycles. The van der Waals surface area contributed by atoms with Crippen molar-refractivity contribution in [2.75, 3.05) is 25.0 Å². The van der Waals surface area contributed by atoms with Gasteiger partial charge in [0.2, 0.25) is 0 Å². The van der Waals surface area contributed by atoms with Crippen molar-refractivity contribution in [1.82, 2.24) is 15.4 Å². The third-order valence-corrected chi connectivity index (χ3v) is 4.94. The van der Waals surface area contributed by atoms with E-state index >= 15 is 0 Å². The first-order chi connectivity index (χ1) is 11.7. The molecule has 1 amide bonds. The number of carbonyl (C=O) groups excluding carboxylic acids is 1. The monoisotopic (exact) mass is 330 g/mol. The zero-order valence-corrected chi connectivity index (χ0v) is 13.9. The maximum absolute atomic E-state index is 11.0. The van der Waals surface area contributed by atoms with E-state index in [-0.39, 0.29) is 0 Å². The lowest BCUT2D eigenvalue weighted by Gasteiger charge is -2.20. The molecule has 6 nitrogen and oxygen atoms in total.